The molecule has 2 aliphatic rings. The highest BCUT2D eigenvalue weighted by atomic mass is 19.1. The van der Waals surface area contributed by atoms with Gasteiger partial charge in [0.25, 0.3) is 0 Å². The molecule has 1 fully saturated rings. The third-order valence-electron chi connectivity index (χ3n) is 7.24. The fourth-order valence-electron chi connectivity index (χ4n) is 5.18. The van der Waals surface area contributed by atoms with Crippen LogP contribution in [0.1, 0.15) is 59.9 Å². The van der Waals surface area contributed by atoms with Crippen LogP contribution < -0.4 is 25.6 Å². The lowest BCUT2D eigenvalue weighted by Gasteiger charge is -2.32. The van der Waals surface area contributed by atoms with Crippen molar-refractivity contribution in [2.45, 2.75) is 84.7 Å². The summed E-state index contributed by atoms with van der Waals surface area (Å²) in [7, 11) is 0. The molecule has 5 rings (SSSR count). The molecule has 1 aliphatic heterocycles. The van der Waals surface area contributed by atoms with E-state index in [2.05, 4.69) is 25.9 Å². The molecule has 14 heteroatoms. The molecule has 246 valence electrons. The highest BCUT2D eigenvalue weighted by molar-refractivity contribution is 6.05. The minimum Gasteiger partial charge on any atom is -0.474 e. The molecule has 46 heavy (non-hydrogen) atoms. The number of ether oxygens (including phenoxy) is 3. The van der Waals surface area contributed by atoms with Crippen molar-refractivity contribution in [2.24, 2.45) is 0 Å². The normalized spacial score (nSPS) is 17.7. The molecule has 2 aromatic heterocycles. The number of alkyl halides is 1. The van der Waals surface area contributed by atoms with Gasteiger partial charge in [-0.15, -0.1) is 0 Å². The second kappa shape index (κ2) is 12.2. The second-order valence-electron chi connectivity index (χ2n) is 13.3. The predicted molar refractivity (Wildman–Crippen MR) is 169 cm³/mol. The average molecular weight is 641 g/mol. The predicted octanol–water partition coefficient (Wildman–Crippen LogP) is 6.85. The quantitative estimate of drug-likeness (QED) is 0.281. The number of nitrogens with one attached hydrogen (secondary N) is 3. The lowest BCUT2D eigenvalue weighted by molar-refractivity contribution is 0.0564. The molecule has 0 radical (unpaired) electrons. The van der Waals surface area contributed by atoms with Gasteiger partial charge < -0.3 is 19.5 Å². The maximum atomic E-state index is 16.5. The van der Waals surface area contributed by atoms with E-state index in [-0.39, 0.29) is 60.4 Å². The van der Waals surface area contributed by atoms with E-state index in [1.54, 1.807) is 48.5 Å². The van der Waals surface area contributed by atoms with E-state index >= 15 is 4.39 Å². The molecule has 0 unspecified atom stereocenters. The molecule has 3 N–H and O–H groups in total. The van der Waals surface area contributed by atoms with E-state index in [0.717, 1.165) is 0 Å². The standard InChI is InChI=1S/C32H38F2N6O6/c1-16-21(14-36-27-26(16)40(8-9-44-27)30(43)46-32(5,6)7)20-10-17-11-23(38-28(41)37-19-12-18(33)13-19)35-15-22(17)25(24(20)34)39-29(42)45-31(2,3)4/h10-11,14-15,18-19H,8-9,12-13H2,1-7H3,(H,39,42)(H2,35,37,38,41). The number of hydrogen-bond acceptors (Lipinski definition) is 8. The molecule has 0 bridgehead atoms. The number of carbonyl (C=O) groups excluding carboxylic acids is 3. The summed E-state index contributed by atoms with van der Waals surface area (Å²) in [5.74, 6) is -0.458. The monoisotopic (exact) mass is 640 g/mol. The van der Waals surface area contributed by atoms with E-state index in [4.69, 9.17) is 14.2 Å². The molecule has 1 aromatic carbocycles. The summed E-state index contributed by atoms with van der Waals surface area (Å²) in [5, 5.41) is 8.48. The number of benzene rings is 1. The van der Waals surface area contributed by atoms with Crippen molar-refractivity contribution in [3.63, 3.8) is 0 Å². The smallest absolute Gasteiger partial charge is 0.415 e. The van der Waals surface area contributed by atoms with Gasteiger partial charge in [-0.25, -0.2) is 33.1 Å². The van der Waals surface area contributed by atoms with Crippen LogP contribution in [0.15, 0.2) is 24.5 Å². The first kappa shape index (κ1) is 32.6. The summed E-state index contributed by atoms with van der Waals surface area (Å²) in [6.07, 6.45) is 0.812. The zero-order valence-corrected chi connectivity index (χ0v) is 26.8. The van der Waals surface area contributed by atoms with Crippen LogP contribution in [0.3, 0.4) is 0 Å². The molecule has 0 atom stereocenters. The highest BCUT2D eigenvalue weighted by Crippen LogP contribution is 2.42. The van der Waals surface area contributed by atoms with E-state index < -0.39 is 41.4 Å². The van der Waals surface area contributed by atoms with Crippen LogP contribution in [0, 0.1) is 12.7 Å². The van der Waals surface area contributed by atoms with Gasteiger partial charge in [-0.3, -0.25) is 15.5 Å². The lowest BCUT2D eigenvalue weighted by Crippen LogP contribution is -2.46. The van der Waals surface area contributed by atoms with Gasteiger partial charge in [0.15, 0.2) is 5.82 Å². The first-order chi connectivity index (χ1) is 21.5. The third-order valence-corrected chi connectivity index (χ3v) is 7.24. The first-order valence-electron chi connectivity index (χ1n) is 15.0. The topological polar surface area (TPSA) is 144 Å². The molecule has 0 saturated heterocycles. The Balaban J connectivity index is 1.59. The van der Waals surface area contributed by atoms with Gasteiger partial charge in [0.2, 0.25) is 5.88 Å². The molecule has 12 nitrogen and oxygen atoms in total. The Hall–Kier alpha value is -4.75. The SMILES string of the molecule is Cc1c(-c2cc3cc(NC(=O)NC4CC(F)C4)ncc3c(NC(=O)OC(C)(C)C)c2F)cnc2c1N(C(=O)OC(C)(C)C)CCO2. The number of nitrogens with zero attached hydrogens (tertiary/aromatic N) is 3. The summed E-state index contributed by atoms with van der Waals surface area (Å²) < 4.78 is 46.5. The van der Waals surface area contributed by atoms with Gasteiger partial charge in [-0.05, 0) is 84.4 Å². The number of hydrogen-bond donors (Lipinski definition) is 3. The minimum atomic E-state index is -0.933. The van der Waals surface area contributed by atoms with Crippen LogP contribution in [0.2, 0.25) is 0 Å². The number of urea groups is 1. The van der Waals surface area contributed by atoms with Gasteiger partial charge in [-0.2, -0.15) is 0 Å². The Morgan fingerprint density at radius 1 is 0.978 bits per heavy atom. The number of aromatic nitrogens is 2. The molecule has 4 amide bonds. The number of rotatable bonds is 4. The summed E-state index contributed by atoms with van der Waals surface area (Å²) >= 11 is 0. The summed E-state index contributed by atoms with van der Waals surface area (Å²) in [5.41, 5.74) is -0.638. The van der Waals surface area contributed by atoms with Crippen LogP contribution in [-0.4, -0.2) is 64.8 Å². The zero-order chi connectivity index (χ0) is 33.6. The number of halogens is 2. The highest BCUT2D eigenvalue weighted by Gasteiger charge is 2.33. The maximum absolute atomic E-state index is 16.5. The number of carbonyl (C=O) groups is 3. The fraction of sp³-hybridized carbons (Fsp3) is 0.469. The van der Waals surface area contributed by atoms with Crippen molar-refractivity contribution < 1.29 is 37.4 Å². The molecule has 3 heterocycles. The van der Waals surface area contributed by atoms with Gasteiger partial charge in [0.05, 0.1) is 12.2 Å². The summed E-state index contributed by atoms with van der Waals surface area (Å²) in [4.78, 5) is 48.6. The Labute approximate surface area is 265 Å². The molecular formula is C32H38F2N6O6. The summed E-state index contributed by atoms with van der Waals surface area (Å²) in [6.45, 7) is 12.4. The van der Waals surface area contributed by atoms with Crippen molar-refractivity contribution >= 4 is 46.2 Å². The van der Waals surface area contributed by atoms with Gasteiger partial charge in [-0.1, -0.05) is 0 Å². The number of fused-ring (bicyclic) bond motifs is 2. The van der Waals surface area contributed by atoms with Crippen LogP contribution in [0.25, 0.3) is 21.9 Å². The van der Waals surface area contributed by atoms with Crippen molar-refractivity contribution in [1.29, 1.82) is 0 Å². The molecule has 0 spiro atoms. The largest absolute Gasteiger partial charge is 0.474 e. The van der Waals surface area contributed by atoms with Gasteiger partial charge in [0.1, 0.15) is 35.5 Å². The lowest BCUT2D eigenvalue weighted by atomic mass is 9.91. The Morgan fingerprint density at radius 2 is 1.67 bits per heavy atom. The zero-order valence-electron chi connectivity index (χ0n) is 26.8. The Morgan fingerprint density at radius 3 is 2.33 bits per heavy atom. The van der Waals surface area contributed by atoms with Crippen LogP contribution in [0.4, 0.5) is 40.4 Å². The average Bonchev–Trinajstić information content (AvgIpc) is 2.92. The van der Waals surface area contributed by atoms with Crippen molar-refractivity contribution in [1.82, 2.24) is 15.3 Å². The first-order valence-corrected chi connectivity index (χ1v) is 15.0. The summed E-state index contributed by atoms with van der Waals surface area (Å²) in [6, 6.07) is 2.22. The number of pyridine rings is 2. The number of anilines is 3. The Bertz CT molecular complexity index is 1700. The van der Waals surface area contributed by atoms with Crippen molar-refractivity contribution in [3.8, 4) is 17.0 Å². The van der Waals surface area contributed by atoms with Gasteiger partial charge in [0, 0.05) is 34.9 Å². The van der Waals surface area contributed by atoms with Gasteiger partial charge >= 0.3 is 18.2 Å². The third kappa shape index (κ3) is 7.21. The number of amides is 4. The van der Waals surface area contributed by atoms with E-state index in [1.807, 2.05) is 0 Å². The van der Waals surface area contributed by atoms with Crippen LogP contribution >= 0.6 is 0 Å². The molecule has 1 aliphatic carbocycles. The van der Waals surface area contributed by atoms with E-state index in [1.165, 1.54) is 29.4 Å². The van der Waals surface area contributed by atoms with Crippen molar-refractivity contribution in [3.05, 3.63) is 35.9 Å². The Kier molecular flexibility index (Phi) is 8.67. The molecule has 1 saturated carbocycles. The maximum Gasteiger partial charge on any atom is 0.415 e. The van der Waals surface area contributed by atoms with E-state index in [0.29, 0.717) is 22.2 Å². The minimum absolute atomic E-state index is 0.0473. The fourth-order valence-corrected chi connectivity index (χ4v) is 5.18. The van der Waals surface area contributed by atoms with E-state index in [9.17, 15) is 18.8 Å². The second-order valence-corrected chi connectivity index (χ2v) is 13.3. The van der Waals surface area contributed by atoms with Crippen LogP contribution in [0.5, 0.6) is 5.88 Å². The molecular weight excluding hydrogens is 602 g/mol. The molecule has 3 aromatic rings. The van der Waals surface area contributed by atoms with Crippen LogP contribution in [-0.2, 0) is 9.47 Å². The van der Waals surface area contributed by atoms with Crippen molar-refractivity contribution in [2.75, 3.05) is 28.7 Å².